The fraction of sp³-hybridized carbons (Fsp3) is 1.00. The van der Waals surface area contributed by atoms with Gasteiger partial charge in [0.05, 0.1) is 45.9 Å². The molecule has 0 saturated carbocycles. The first-order valence-corrected chi connectivity index (χ1v) is 29.7. The van der Waals surface area contributed by atoms with Crippen molar-refractivity contribution in [2.45, 2.75) is 121 Å². The first kappa shape index (κ1) is 44.8. The van der Waals surface area contributed by atoms with Crippen LogP contribution in [0.1, 0.15) is 26.2 Å². The molecule has 0 rings (SSSR count). The minimum atomic E-state index is -1.83. The number of hydrogen-bond donors (Lipinski definition) is 3. The molecule has 0 aromatic rings. The summed E-state index contributed by atoms with van der Waals surface area (Å²) in [4.78, 5) is 0. The molecule has 266 valence electrons. The Labute approximate surface area is 280 Å². The molecule has 9 nitrogen and oxygen atoms in total. The van der Waals surface area contributed by atoms with E-state index in [1.54, 1.807) is 0 Å². The van der Waals surface area contributed by atoms with Crippen LogP contribution in [0.15, 0.2) is 0 Å². The van der Waals surface area contributed by atoms with Crippen molar-refractivity contribution in [1.82, 2.24) is 0 Å². The monoisotopic (exact) mass is 720 g/mol. The van der Waals surface area contributed by atoms with Crippen molar-refractivity contribution in [2.24, 2.45) is 0 Å². The molecule has 0 amide bonds. The van der Waals surface area contributed by atoms with E-state index >= 15 is 0 Å². The minimum Gasteiger partial charge on any atom is -0.456 e. The number of likely N-dealkylation sites (N-methyl/N-ethyl adjacent to an activating group) is 1. The van der Waals surface area contributed by atoms with Gasteiger partial charge in [0.2, 0.25) is 0 Å². The molecule has 0 fully saturated rings. The SMILES string of the molecule is CC[Si](C)(C)O[Si](C)(C)CCCOCC(O)C[N+](C)(C)CC(O)COCCC[Si](C)(C)O[Si](C)(C)CCCOCC(O)CCl. The zero-order valence-corrected chi connectivity index (χ0v) is 35.0. The van der Waals surface area contributed by atoms with Crippen LogP contribution in [-0.4, -0.2) is 144 Å². The Morgan fingerprint density at radius 1 is 0.568 bits per heavy atom. The van der Waals surface area contributed by atoms with Crippen LogP contribution < -0.4 is 0 Å². The summed E-state index contributed by atoms with van der Waals surface area (Å²) >= 11 is 5.60. The second kappa shape index (κ2) is 21.7. The standard InChI is InChI=1S/C30H71ClNO8Si4/c1-12-41(4,5)39-42(6,7)19-14-17-37-26-29(34)23-32(2,3)24-30(35)27-38-18-15-21-44(10,11)40-43(8,9)20-13-16-36-25-28(33)22-31/h28-30,33-35H,12-27H2,1-11H3/q+1. The van der Waals surface area contributed by atoms with E-state index in [2.05, 4.69) is 59.3 Å². The fourth-order valence-electron chi connectivity index (χ4n) is 5.54. The van der Waals surface area contributed by atoms with Crippen LogP contribution >= 0.6 is 11.6 Å². The van der Waals surface area contributed by atoms with E-state index in [4.69, 9.17) is 34.0 Å². The summed E-state index contributed by atoms with van der Waals surface area (Å²) in [5, 5.41) is 30.6. The quantitative estimate of drug-likeness (QED) is 0.0423. The lowest BCUT2D eigenvalue weighted by Crippen LogP contribution is -2.51. The van der Waals surface area contributed by atoms with Crippen molar-refractivity contribution in [2.75, 3.05) is 72.7 Å². The zero-order valence-electron chi connectivity index (χ0n) is 30.3. The minimum absolute atomic E-state index is 0.194. The number of aliphatic hydroxyl groups excluding tert-OH is 3. The topological polar surface area (TPSA) is 107 Å². The van der Waals surface area contributed by atoms with Crippen LogP contribution in [0.4, 0.5) is 0 Å². The van der Waals surface area contributed by atoms with Gasteiger partial charge in [-0.3, -0.25) is 0 Å². The van der Waals surface area contributed by atoms with Gasteiger partial charge in [-0.2, -0.15) is 0 Å². The van der Waals surface area contributed by atoms with Crippen molar-refractivity contribution >= 4 is 44.9 Å². The van der Waals surface area contributed by atoms with E-state index in [1.165, 1.54) is 0 Å². The van der Waals surface area contributed by atoms with Gasteiger partial charge in [0.1, 0.15) is 25.3 Å². The highest BCUT2D eigenvalue weighted by atomic mass is 35.5. The lowest BCUT2D eigenvalue weighted by atomic mass is 10.2. The van der Waals surface area contributed by atoms with E-state index < -0.39 is 51.6 Å². The number of halogens is 1. The molecular weight excluding hydrogens is 650 g/mol. The van der Waals surface area contributed by atoms with Gasteiger partial charge >= 0.3 is 0 Å². The van der Waals surface area contributed by atoms with Crippen LogP contribution in [0.25, 0.3) is 0 Å². The first-order valence-electron chi connectivity index (χ1n) is 16.7. The predicted molar refractivity (Wildman–Crippen MR) is 194 cm³/mol. The second-order valence-corrected chi connectivity index (χ2v) is 33.8. The van der Waals surface area contributed by atoms with Gasteiger partial charge in [-0.15, -0.1) is 11.6 Å². The summed E-state index contributed by atoms with van der Waals surface area (Å²) in [5.74, 6) is 0.194. The number of aliphatic hydroxyl groups is 3. The molecule has 0 aliphatic carbocycles. The Morgan fingerprint density at radius 3 is 1.20 bits per heavy atom. The molecule has 3 atom stereocenters. The van der Waals surface area contributed by atoms with Gasteiger partial charge in [0.25, 0.3) is 0 Å². The Hall–Kier alpha value is 0.798. The normalized spacial score (nSPS) is 15.9. The van der Waals surface area contributed by atoms with Crippen LogP contribution in [0.3, 0.4) is 0 Å². The predicted octanol–water partition coefficient (Wildman–Crippen LogP) is 5.48. The number of ether oxygens (including phenoxy) is 3. The number of rotatable bonds is 28. The molecule has 0 radical (unpaired) electrons. The van der Waals surface area contributed by atoms with Gasteiger partial charge in [-0.05, 0) is 95.8 Å². The average molecular weight is 722 g/mol. The lowest BCUT2D eigenvalue weighted by Gasteiger charge is -2.34. The van der Waals surface area contributed by atoms with E-state index in [0.29, 0.717) is 44.0 Å². The fourth-order valence-corrected chi connectivity index (χ4v) is 22.4. The summed E-state index contributed by atoms with van der Waals surface area (Å²) in [5.41, 5.74) is 0. The first-order chi connectivity index (χ1) is 20.1. The molecule has 0 saturated heterocycles. The molecule has 0 spiro atoms. The van der Waals surface area contributed by atoms with Gasteiger partial charge in [-0.1, -0.05) is 6.92 Å². The highest BCUT2D eigenvalue weighted by Crippen LogP contribution is 2.24. The van der Waals surface area contributed by atoms with Crippen LogP contribution in [0.2, 0.25) is 76.6 Å². The van der Waals surface area contributed by atoms with Gasteiger partial charge in [0.15, 0.2) is 33.3 Å². The maximum absolute atomic E-state index is 10.6. The lowest BCUT2D eigenvalue weighted by molar-refractivity contribution is -0.896. The zero-order chi connectivity index (χ0) is 34.1. The van der Waals surface area contributed by atoms with Crippen molar-refractivity contribution in [3.8, 4) is 0 Å². The molecule has 44 heavy (non-hydrogen) atoms. The maximum Gasteiger partial charge on any atom is 0.173 e. The average Bonchev–Trinajstić information content (AvgIpc) is 2.85. The molecule has 0 bridgehead atoms. The third kappa shape index (κ3) is 24.9. The largest absolute Gasteiger partial charge is 0.456 e. The molecule has 0 aromatic carbocycles. The van der Waals surface area contributed by atoms with Gasteiger partial charge < -0.3 is 42.2 Å². The maximum atomic E-state index is 10.6. The summed E-state index contributed by atoms with van der Waals surface area (Å²) in [6.45, 7) is 24.2. The van der Waals surface area contributed by atoms with Crippen molar-refractivity contribution in [3.05, 3.63) is 0 Å². The summed E-state index contributed by atoms with van der Waals surface area (Å²) in [6, 6.07) is 4.24. The Kier molecular flexibility index (Phi) is 22.1. The second-order valence-electron chi connectivity index (χ2n) is 15.5. The Bertz CT molecular complexity index is 750. The molecule has 0 aromatic heterocycles. The molecular formula is C30H71ClNO8Si4+. The summed E-state index contributed by atoms with van der Waals surface area (Å²) < 4.78 is 30.8. The molecule has 3 unspecified atom stereocenters. The molecule has 14 heteroatoms. The number of nitrogens with zero attached hydrogens (tertiary/aromatic N) is 1. The molecule has 0 heterocycles. The van der Waals surface area contributed by atoms with E-state index in [9.17, 15) is 15.3 Å². The molecule has 3 N–H and O–H groups in total. The van der Waals surface area contributed by atoms with Crippen molar-refractivity contribution in [1.29, 1.82) is 0 Å². The van der Waals surface area contributed by atoms with Crippen LogP contribution in [-0.2, 0) is 22.4 Å². The smallest absolute Gasteiger partial charge is 0.173 e. The Morgan fingerprint density at radius 2 is 0.886 bits per heavy atom. The number of hydrogen-bond acceptors (Lipinski definition) is 8. The third-order valence-corrected chi connectivity index (χ3v) is 23.3. The van der Waals surface area contributed by atoms with Crippen molar-refractivity contribution in [3.63, 3.8) is 0 Å². The summed E-state index contributed by atoms with van der Waals surface area (Å²) in [7, 11) is -2.81. The number of alkyl halides is 1. The summed E-state index contributed by atoms with van der Waals surface area (Å²) in [6.07, 6.45) is 1.01. The third-order valence-electron chi connectivity index (χ3n) is 7.68. The van der Waals surface area contributed by atoms with Gasteiger partial charge in [0, 0.05) is 19.8 Å². The van der Waals surface area contributed by atoms with E-state index in [1.807, 2.05) is 14.1 Å². The molecule has 0 aliphatic heterocycles. The van der Waals surface area contributed by atoms with E-state index in [0.717, 1.165) is 43.4 Å². The van der Waals surface area contributed by atoms with Crippen LogP contribution in [0, 0.1) is 0 Å². The number of quaternary nitrogens is 1. The van der Waals surface area contributed by atoms with Crippen LogP contribution in [0.5, 0.6) is 0 Å². The van der Waals surface area contributed by atoms with Crippen molar-refractivity contribution < 1.29 is 42.2 Å². The highest BCUT2D eigenvalue weighted by Gasteiger charge is 2.33. The Balaban J connectivity index is 4.18. The highest BCUT2D eigenvalue weighted by molar-refractivity contribution is 6.85. The van der Waals surface area contributed by atoms with E-state index in [-0.39, 0.29) is 19.1 Å². The van der Waals surface area contributed by atoms with Gasteiger partial charge in [-0.25, -0.2) is 0 Å². The molecule has 0 aliphatic rings.